The minimum absolute atomic E-state index is 0.290. The molecule has 1 aliphatic rings. The van der Waals surface area contributed by atoms with Gasteiger partial charge in [-0.2, -0.15) is 0 Å². The van der Waals surface area contributed by atoms with Crippen molar-refractivity contribution in [3.63, 3.8) is 0 Å². The zero-order valence-corrected chi connectivity index (χ0v) is 13.7. The van der Waals surface area contributed by atoms with Gasteiger partial charge < -0.3 is 15.4 Å². The molecule has 0 bridgehead atoms. The van der Waals surface area contributed by atoms with Gasteiger partial charge in [0.25, 0.3) is 0 Å². The summed E-state index contributed by atoms with van der Waals surface area (Å²) in [6, 6.07) is 7.95. The van der Waals surface area contributed by atoms with Crippen LogP contribution in [0.4, 0.5) is 4.79 Å². The molecule has 110 valence electrons. The Morgan fingerprint density at radius 1 is 1.35 bits per heavy atom. The smallest absolute Gasteiger partial charge is 0.410 e. The number of amides is 1. The van der Waals surface area contributed by atoms with Crippen LogP contribution in [0.2, 0.25) is 0 Å². The first-order valence-corrected chi connectivity index (χ1v) is 7.52. The molecule has 2 N–H and O–H groups in total. The summed E-state index contributed by atoms with van der Waals surface area (Å²) in [7, 11) is 0. The third-order valence-corrected chi connectivity index (χ3v) is 3.90. The first kappa shape index (κ1) is 15.3. The summed E-state index contributed by atoms with van der Waals surface area (Å²) in [6.45, 7) is 6.72. The molecule has 0 unspecified atom stereocenters. The summed E-state index contributed by atoms with van der Waals surface area (Å²) in [5.74, 6) is 0. The number of hydrogen-bond donors (Lipinski definition) is 1. The highest BCUT2D eigenvalue weighted by Gasteiger charge is 2.39. The van der Waals surface area contributed by atoms with Crippen LogP contribution in [0.15, 0.2) is 28.7 Å². The Hall–Kier alpha value is -1.07. The van der Waals surface area contributed by atoms with E-state index in [4.69, 9.17) is 10.5 Å². The van der Waals surface area contributed by atoms with Crippen molar-refractivity contribution < 1.29 is 9.53 Å². The molecule has 1 aromatic rings. The number of carbonyl (C=O) groups excluding carboxylic acids is 1. The van der Waals surface area contributed by atoms with Crippen LogP contribution in [-0.4, -0.2) is 29.7 Å². The van der Waals surface area contributed by atoms with Crippen molar-refractivity contribution in [2.45, 2.75) is 38.3 Å². The number of hydrogen-bond acceptors (Lipinski definition) is 3. The highest BCUT2D eigenvalue weighted by atomic mass is 79.9. The highest BCUT2D eigenvalue weighted by Crippen LogP contribution is 2.31. The van der Waals surface area contributed by atoms with Gasteiger partial charge in [-0.05, 0) is 44.9 Å². The SMILES string of the molecule is CC(C)(C)OC(=O)N1CC[C@@](N)(c2ccc(Br)cc2)C1. The molecule has 0 aliphatic carbocycles. The van der Waals surface area contributed by atoms with E-state index in [0.29, 0.717) is 13.1 Å². The van der Waals surface area contributed by atoms with Gasteiger partial charge in [-0.25, -0.2) is 4.79 Å². The Bertz CT molecular complexity index is 496. The van der Waals surface area contributed by atoms with Crippen molar-refractivity contribution >= 4 is 22.0 Å². The van der Waals surface area contributed by atoms with Crippen LogP contribution in [0.3, 0.4) is 0 Å². The number of halogens is 1. The van der Waals surface area contributed by atoms with Crippen molar-refractivity contribution in [3.05, 3.63) is 34.3 Å². The second kappa shape index (κ2) is 5.37. The number of nitrogens with zero attached hydrogens (tertiary/aromatic N) is 1. The van der Waals surface area contributed by atoms with Crippen molar-refractivity contribution in [1.82, 2.24) is 4.90 Å². The third-order valence-electron chi connectivity index (χ3n) is 3.37. The van der Waals surface area contributed by atoms with Gasteiger partial charge in [-0.15, -0.1) is 0 Å². The predicted molar refractivity (Wildman–Crippen MR) is 82.4 cm³/mol. The maximum Gasteiger partial charge on any atom is 0.410 e. The normalized spacial score (nSPS) is 22.9. The molecule has 1 saturated heterocycles. The Morgan fingerprint density at radius 2 is 1.95 bits per heavy atom. The van der Waals surface area contributed by atoms with Crippen LogP contribution in [0.25, 0.3) is 0 Å². The van der Waals surface area contributed by atoms with Gasteiger partial charge in [0.1, 0.15) is 5.60 Å². The number of carbonyl (C=O) groups is 1. The van der Waals surface area contributed by atoms with E-state index in [1.54, 1.807) is 4.90 Å². The Kier molecular flexibility index (Phi) is 4.12. The van der Waals surface area contributed by atoms with Crippen molar-refractivity contribution in [2.75, 3.05) is 13.1 Å². The lowest BCUT2D eigenvalue weighted by atomic mass is 9.90. The summed E-state index contributed by atoms with van der Waals surface area (Å²) in [6.07, 6.45) is 0.454. The zero-order valence-electron chi connectivity index (χ0n) is 12.1. The Balaban J connectivity index is 2.07. The summed E-state index contributed by atoms with van der Waals surface area (Å²) in [5.41, 5.74) is 6.54. The summed E-state index contributed by atoms with van der Waals surface area (Å²) in [4.78, 5) is 13.8. The van der Waals surface area contributed by atoms with E-state index in [1.165, 1.54) is 0 Å². The average molecular weight is 341 g/mol. The van der Waals surface area contributed by atoms with Gasteiger partial charge in [-0.3, -0.25) is 0 Å². The van der Waals surface area contributed by atoms with E-state index in [1.807, 2.05) is 45.0 Å². The van der Waals surface area contributed by atoms with E-state index in [-0.39, 0.29) is 6.09 Å². The molecule has 1 heterocycles. The van der Waals surface area contributed by atoms with Gasteiger partial charge >= 0.3 is 6.09 Å². The van der Waals surface area contributed by atoms with Gasteiger partial charge in [0.15, 0.2) is 0 Å². The van der Waals surface area contributed by atoms with E-state index in [9.17, 15) is 4.79 Å². The monoisotopic (exact) mass is 340 g/mol. The zero-order chi connectivity index (χ0) is 15.0. The van der Waals surface area contributed by atoms with Gasteiger partial charge in [0, 0.05) is 17.6 Å². The summed E-state index contributed by atoms with van der Waals surface area (Å²) >= 11 is 3.41. The molecule has 0 radical (unpaired) electrons. The molecule has 0 aromatic heterocycles. The van der Waals surface area contributed by atoms with Crippen molar-refractivity contribution in [2.24, 2.45) is 5.73 Å². The minimum atomic E-state index is -0.488. The van der Waals surface area contributed by atoms with E-state index < -0.39 is 11.1 Å². The molecule has 1 aromatic carbocycles. The Morgan fingerprint density at radius 3 is 2.50 bits per heavy atom. The maximum atomic E-state index is 12.1. The van der Waals surface area contributed by atoms with Crippen LogP contribution in [0.1, 0.15) is 32.8 Å². The molecular formula is C15H21BrN2O2. The van der Waals surface area contributed by atoms with E-state index in [0.717, 1.165) is 16.5 Å². The molecular weight excluding hydrogens is 320 g/mol. The van der Waals surface area contributed by atoms with Gasteiger partial charge in [-0.1, -0.05) is 28.1 Å². The van der Waals surface area contributed by atoms with E-state index >= 15 is 0 Å². The average Bonchev–Trinajstić information content (AvgIpc) is 2.72. The molecule has 2 rings (SSSR count). The molecule has 0 saturated carbocycles. The van der Waals surface area contributed by atoms with Gasteiger partial charge in [0.2, 0.25) is 0 Å². The molecule has 1 aliphatic heterocycles. The van der Waals surface area contributed by atoms with Gasteiger partial charge in [0.05, 0.1) is 5.54 Å². The number of nitrogens with two attached hydrogens (primary N) is 1. The fourth-order valence-electron chi connectivity index (χ4n) is 2.33. The molecule has 20 heavy (non-hydrogen) atoms. The number of benzene rings is 1. The fraction of sp³-hybridized carbons (Fsp3) is 0.533. The van der Waals surface area contributed by atoms with Crippen molar-refractivity contribution in [3.8, 4) is 0 Å². The quantitative estimate of drug-likeness (QED) is 0.853. The Labute approximate surface area is 128 Å². The number of rotatable bonds is 1. The largest absolute Gasteiger partial charge is 0.444 e. The fourth-order valence-corrected chi connectivity index (χ4v) is 2.60. The second-order valence-corrected chi connectivity index (χ2v) is 7.23. The second-order valence-electron chi connectivity index (χ2n) is 6.31. The van der Waals surface area contributed by atoms with Crippen LogP contribution >= 0.6 is 15.9 Å². The molecule has 5 heteroatoms. The summed E-state index contributed by atoms with van der Waals surface area (Å²) < 4.78 is 6.41. The first-order valence-electron chi connectivity index (χ1n) is 6.72. The minimum Gasteiger partial charge on any atom is -0.444 e. The van der Waals surface area contributed by atoms with Crippen LogP contribution < -0.4 is 5.73 Å². The lowest BCUT2D eigenvalue weighted by molar-refractivity contribution is 0.0284. The third kappa shape index (κ3) is 3.52. The first-order chi connectivity index (χ1) is 9.20. The molecule has 1 atom stereocenters. The van der Waals surface area contributed by atoms with Crippen LogP contribution in [0.5, 0.6) is 0 Å². The number of ether oxygens (including phenoxy) is 1. The molecule has 1 amide bonds. The van der Waals surface area contributed by atoms with Crippen LogP contribution in [-0.2, 0) is 10.3 Å². The van der Waals surface area contributed by atoms with Crippen LogP contribution in [0, 0.1) is 0 Å². The number of likely N-dealkylation sites (tertiary alicyclic amines) is 1. The molecule has 4 nitrogen and oxygen atoms in total. The molecule has 0 spiro atoms. The topological polar surface area (TPSA) is 55.6 Å². The maximum absolute atomic E-state index is 12.1. The predicted octanol–water partition coefficient (Wildman–Crippen LogP) is 3.24. The van der Waals surface area contributed by atoms with E-state index in [2.05, 4.69) is 15.9 Å². The standard InChI is InChI=1S/C15H21BrN2O2/c1-14(2,3)20-13(19)18-9-8-15(17,10-18)11-4-6-12(16)7-5-11/h4-7H,8-10,17H2,1-3H3/t15-/m0/s1. The lowest BCUT2D eigenvalue weighted by Gasteiger charge is -2.27. The lowest BCUT2D eigenvalue weighted by Crippen LogP contribution is -2.42. The summed E-state index contributed by atoms with van der Waals surface area (Å²) in [5, 5.41) is 0. The highest BCUT2D eigenvalue weighted by molar-refractivity contribution is 9.10. The molecule has 1 fully saturated rings. The van der Waals surface area contributed by atoms with Crippen molar-refractivity contribution in [1.29, 1.82) is 0 Å².